The zero-order valence-electron chi connectivity index (χ0n) is 12.2. The molecule has 2 aliphatic rings. The van der Waals surface area contributed by atoms with Crippen LogP contribution in [0.3, 0.4) is 0 Å². The Balaban J connectivity index is 1.90. The van der Waals surface area contributed by atoms with Crippen LogP contribution in [-0.2, 0) is 5.41 Å². The van der Waals surface area contributed by atoms with Crippen LogP contribution in [0.15, 0.2) is 10.6 Å². The number of hydrogen-bond donors (Lipinski definition) is 1. The van der Waals surface area contributed by atoms with Crippen LogP contribution in [0.25, 0.3) is 0 Å². The van der Waals surface area contributed by atoms with Crippen molar-refractivity contribution in [2.45, 2.75) is 57.7 Å². The summed E-state index contributed by atoms with van der Waals surface area (Å²) in [5, 5.41) is 14.4. The van der Waals surface area contributed by atoms with Crippen LogP contribution in [0.4, 0.5) is 10.6 Å². The Bertz CT molecular complexity index is 520. The summed E-state index contributed by atoms with van der Waals surface area (Å²) in [5.74, 6) is 1.11. The van der Waals surface area contributed by atoms with Crippen molar-refractivity contribution < 1.29 is 14.4 Å². The lowest BCUT2D eigenvalue weighted by atomic mass is 9.93. The van der Waals surface area contributed by atoms with Crippen molar-refractivity contribution in [2.24, 2.45) is 0 Å². The van der Waals surface area contributed by atoms with Crippen molar-refractivity contribution in [1.29, 1.82) is 0 Å². The molecule has 0 aromatic carbocycles. The first-order valence-electron chi connectivity index (χ1n) is 7.15. The second-order valence-corrected chi connectivity index (χ2v) is 6.62. The van der Waals surface area contributed by atoms with Gasteiger partial charge in [0.1, 0.15) is 5.76 Å². The smallest absolute Gasteiger partial charge is 0.328 e. The third-order valence-corrected chi connectivity index (χ3v) is 4.09. The number of nitrogens with zero attached hydrogens (tertiary/aromatic N) is 3. The topological polar surface area (TPSA) is 69.8 Å². The Hall–Kier alpha value is -1.56. The summed E-state index contributed by atoms with van der Waals surface area (Å²) < 4.78 is 5.32. The van der Waals surface area contributed by atoms with E-state index in [9.17, 15) is 9.90 Å². The number of carbonyl (C=O) groups is 1. The minimum absolute atomic E-state index is 0.119. The number of aromatic nitrogens is 1. The second-order valence-electron chi connectivity index (χ2n) is 6.62. The third-order valence-electron chi connectivity index (χ3n) is 4.09. The van der Waals surface area contributed by atoms with Gasteiger partial charge in [0.15, 0.2) is 12.0 Å². The van der Waals surface area contributed by atoms with Gasteiger partial charge in [-0.25, -0.2) is 9.69 Å². The molecule has 2 amide bonds. The van der Waals surface area contributed by atoms with Crippen molar-refractivity contribution in [3.63, 3.8) is 0 Å². The highest BCUT2D eigenvalue weighted by Crippen LogP contribution is 2.34. The summed E-state index contributed by atoms with van der Waals surface area (Å²) in [6.45, 7) is 6.76. The molecule has 2 unspecified atom stereocenters. The lowest BCUT2D eigenvalue weighted by molar-refractivity contribution is 0.0959. The SMILES string of the molecule is CC(C)(C)c1cc(N2C(=O)N3CCCCC3C2O)no1. The first-order valence-corrected chi connectivity index (χ1v) is 7.15. The van der Waals surface area contributed by atoms with Gasteiger partial charge in [0.05, 0.1) is 6.04 Å². The largest absolute Gasteiger partial charge is 0.371 e. The summed E-state index contributed by atoms with van der Waals surface area (Å²) in [7, 11) is 0. The minimum Gasteiger partial charge on any atom is -0.371 e. The van der Waals surface area contributed by atoms with E-state index in [2.05, 4.69) is 5.16 Å². The Labute approximate surface area is 118 Å². The van der Waals surface area contributed by atoms with Gasteiger partial charge in [-0.15, -0.1) is 0 Å². The fourth-order valence-electron chi connectivity index (χ4n) is 2.89. The monoisotopic (exact) mass is 279 g/mol. The number of amides is 2. The molecular weight excluding hydrogens is 258 g/mol. The molecule has 1 aromatic heterocycles. The standard InChI is InChI=1S/C14H21N3O3/c1-14(2,3)10-8-11(15-20-10)17-12(18)9-6-4-5-7-16(9)13(17)19/h8-9,12,18H,4-7H2,1-3H3. The molecule has 0 aliphatic carbocycles. The molecule has 1 N–H and O–H groups in total. The molecule has 0 bridgehead atoms. The Morgan fingerprint density at radius 2 is 2.15 bits per heavy atom. The summed E-state index contributed by atoms with van der Waals surface area (Å²) in [6, 6.07) is 1.46. The van der Waals surface area contributed by atoms with E-state index in [1.165, 1.54) is 4.90 Å². The molecular formula is C14H21N3O3. The van der Waals surface area contributed by atoms with Crippen LogP contribution in [0.1, 0.15) is 45.8 Å². The van der Waals surface area contributed by atoms with Gasteiger partial charge in [-0.1, -0.05) is 25.9 Å². The molecule has 2 aliphatic heterocycles. The lowest BCUT2D eigenvalue weighted by Gasteiger charge is -2.28. The fourth-order valence-corrected chi connectivity index (χ4v) is 2.89. The number of piperidine rings is 1. The van der Waals surface area contributed by atoms with Crippen molar-refractivity contribution in [3.05, 3.63) is 11.8 Å². The van der Waals surface area contributed by atoms with E-state index in [4.69, 9.17) is 4.52 Å². The highest BCUT2D eigenvalue weighted by atomic mass is 16.5. The fraction of sp³-hybridized carbons (Fsp3) is 0.714. The Morgan fingerprint density at radius 3 is 2.75 bits per heavy atom. The summed E-state index contributed by atoms with van der Waals surface area (Å²) in [6.07, 6.45) is 2.05. The number of rotatable bonds is 1. The molecule has 110 valence electrons. The van der Waals surface area contributed by atoms with Crippen LogP contribution in [0, 0.1) is 0 Å². The first-order chi connectivity index (χ1) is 9.39. The molecule has 6 heteroatoms. The zero-order chi connectivity index (χ0) is 14.5. The molecule has 6 nitrogen and oxygen atoms in total. The number of carbonyl (C=O) groups excluding carboxylic acids is 1. The van der Waals surface area contributed by atoms with Crippen molar-refractivity contribution in [3.8, 4) is 0 Å². The van der Waals surface area contributed by atoms with E-state index in [0.717, 1.165) is 19.3 Å². The number of urea groups is 1. The van der Waals surface area contributed by atoms with Gasteiger partial charge in [0.25, 0.3) is 0 Å². The molecule has 20 heavy (non-hydrogen) atoms. The van der Waals surface area contributed by atoms with Gasteiger partial charge < -0.3 is 14.5 Å². The van der Waals surface area contributed by atoms with Gasteiger partial charge in [-0.05, 0) is 19.3 Å². The lowest BCUT2D eigenvalue weighted by Crippen LogP contribution is -2.40. The average Bonchev–Trinajstić information content (AvgIpc) is 2.95. The molecule has 2 atom stereocenters. The molecule has 0 saturated carbocycles. The third kappa shape index (κ3) is 1.98. The number of anilines is 1. The Morgan fingerprint density at radius 1 is 1.40 bits per heavy atom. The van der Waals surface area contributed by atoms with Gasteiger partial charge in [0.2, 0.25) is 0 Å². The van der Waals surface area contributed by atoms with E-state index in [1.807, 2.05) is 20.8 Å². The number of aliphatic hydroxyl groups excluding tert-OH is 1. The van der Waals surface area contributed by atoms with Crippen LogP contribution in [-0.4, -0.2) is 40.0 Å². The molecule has 3 heterocycles. The van der Waals surface area contributed by atoms with Crippen LogP contribution >= 0.6 is 0 Å². The summed E-state index contributed by atoms with van der Waals surface area (Å²) >= 11 is 0. The Kier molecular flexibility index (Phi) is 3.01. The number of hydrogen-bond acceptors (Lipinski definition) is 4. The highest BCUT2D eigenvalue weighted by Gasteiger charge is 2.47. The molecule has 2 saturated heterocycles. The van der Waals surface area contributed by atoms with Gasteiger partial charge in [0, 0.05) is 18.0 Å². The second kappa shape index (κ2) is 4.48. The number of fused-ring (bicyclic) bond motifs is 1. The quantitative estimate of drug-likeness (QED) is 0.854. The van der Waals surface area contributed by atoms with Crippen LogP contribution < -0.4 is 4.90 Å². The predicted octanol–water partition coefficient (Wildman–Crippen LogP) is 2.09. The first kappa shape index (κ1) is 13.4. The van der Waals surface area contributed by atoms with Crippen LogP contribution in [0.5, 0.6) is 0 Å². The van der Waals surface area contributed by atoms with Gasteiger partial charge >= 0.3 is 6.03 Å². The van der Waals surface area contributed by atoms with E-state index in [-0.39, 0.29) is 17.5 Å². The van der Waals surface area contributed by atoms with E-state index in [1.54, 1.807) is 11.0 Å². The van der Waals surface area contributed by atoms with E-state index < -0.39 is 6.23 Å². The molecule has 0 spiro atoms. The zero-order valence-corrected chi connectivity index (χ0v) is 12.2. The van der Waals surface area contributed by atoms with E-state index >= 15 is 0 Å². The minimum atomic E-state index is -0.833. The van der Waals surface area contributed by atoms with Crippen molar-refractivity contribution >= 4 is 11.8 Å². The number of aliphatic hydroxyl groups is 1. The maximum absolute atomic E-state index is 12.4. The molecule has 3 rings (SSSR count). The molecule has 2 fully saturated rings. The maximum Gasteiger partial charge on any atom is 0.328 e. The molecule has 1 aromatic rings. The van der Waals surface area contributed by atoms with Gasteiger partial charge in [-0.2, -0.15) is 0 Å². The maximum atomic E-state index is 12.4. The normalized spacial score (nSPS) is 27.1. The predicted molar refractivity (Wildman–Crippen MR) is 73.4 cm³/mol. The molecule has 0 radical (unpaired) electrons. The average molecular weight is 279 g/mol. The van der Waals surface area contributed by atoms with Gasteiger partial charge in [-0.3, -0.25) is 0 Å². The highest BCUT2D eigenvalue weighted by molar-refractivity contribution is 5.94. The summed E-state index contributed by atoms with van der Waals surface area (Å²) in [5.41, 5.74) is -0.175. The van der Waals surface area contributed by atoms with Crippen molar-refractivity contribution in [1.82, 2.24) is 10.1 Å². The van der Waals surface area contributed by atoms with Crippen molar-refractivity contribution in [2.75, 3.05) is 11.4 Å². The van der Waals surface area contributed by atoms with E-state index in [0.29, 0.717) is 18.1 Å². The van der Waals surface area contributed by atoms with Crippen LogP contribution in [0.2, 0.25) is 0 Å². The summed E-state index contributed by atoms with van der Waals surface area (Å²) in [4.78, 5) is 15.5.